The number of para-hydroxylation sites is 1. The first-order valence-corrected chi connectivity index (χ1v) is 8.29. The van der Waals surface area contributed by atoms with E-state index in [4.69, 9.17) is 5.26 Å². The van der Waals surface area contributed by atoms with Crippen LogP contribution in [0.3, 0.4) is 0 Å². The van der Waals surface area contributed by atoms with Crippen molar-refractivity contribution in [2.75, 3.05) is 12.3 Å². The summed E-state index contributed by atoms with van der Waals surface area (Å²) in [6.07, 6.45) is 3.48. The minimum absolute atomic E-state index is 0.127. The third-order valence-electron chi connectivity index (χ3n) is 3.23. The zero-order valence-electron chi connectivity index (χ0n) is 12.7. The summed E-state index contributed by atoms with van der Waals surface area (Å²) in [7, 11) is 0. The van der Waals surface area contributed by atoms with Gasteiger partial charge in [-0.05, 0) is 12.1 Å². The van der Waals surface area contributed by atoms with Crippen molar-refractivity contribution >= 4 is 28.7 Å². The molecule has 8 heteroatoms. The molecule has 0 bridgehead atoms. The Morgan fingerprint density at radius 3 is 2.92 bits per heavy atom. The summed E-state index contributed by atoms with van der Waals surface area (Å²) in [6, 6.07) is 11.7. The van der Waals surface area contributed by atoms with E-state index in [1.165, 1.54) is 18.1 Å². The van der Waals surface area contributed by atoms with Gasteiger partial charge < -0.3 is 5.32 Å². The number of carbonyl (C=O) groups is 1. The molecule has 2 heterocycles. The van der Waals surface area contributed by atoms with Gasteiger partial charge in [-0.3, -0.25) is 4.79 Å². The second-order valence-electron chi connectivity index (χ2n) is 4.85. The first-order chi connectivity index (χ1) is 11.8. The van der Waals surface area contributed by atoms with Gasteiger partial charge in [0.15, 0.2) is 5.65 Å². The predicted molar refractivity (Wildman–Crippen MR) is 90.6 cm³/mol. The van der Waals surface area contributed by atoms with Crippen LogP contribution in [0.1, 0.15) is 6.42 Å². The first-order valence-electron chi connectivity index (χ1n) is 7.30. The lowest BCUT2D eigenvalue weighted by atomic mass is 10.3. The molecule has 24 heavy (non-hydrogen) atoms. The van der Waals surface area contributed by atoms with Crippen molar-refractivity contribution in [1.82, 2.24) is 25.1 Å². The fourth-order valence-corrected chi connectivity index (χ4v) is 2.93. The molecule has 0 unspecified atom stereocenters. The maximum absolute atomic E-state index is 11.7. The molecule has 120 valence electrons. The summed E-state index contributed by atoms with van der Waals surface area (Å²) < 4.78 is 1.74. The largest absolute Gasteiger partial charge is 0.354 e. The van der Waals surface area contributed by atoms with Crippen molar-refractivity contribution in [3.05, 3.63) is 42.9 Å². The van der Waals surface area contributed by atoms with Gasteiger partial charge in [0.1, 0.15) is 11.4 Å². The maximum atomic E-state index is 11.7. The molecule has 3 aromatic rings. The van der Waals surface area contributed by atoms with Gasteiger partial charge in [-0.15, -0.1) is 0 Å². The number of thioether (sulfide) groups is 1. The van der Waals surface area contributed by atoms with Crippen LogP contribution >= 0.6 is 11.8 Å². The van der Waals surface area contributed by atoms with Crippen LogP contribution in [0, 0.1) is 11.3 Å². The fourth-order valence-electron chi connectivity index (χ4n) is 2.14. The third-order valence-corrected chi connectivity index (χ3v) is 4.23. The number of aromatic nitrogens is 4. The molecule has 0 spiro atoms. The van der Waals surface area contributed by atoms with E-state index in [9.17, 15) is 4.79 Å². The van der Waals surface area contributed by atoms with Gasteiger partial charge in [0.2, 0.25) is 5.91 Å². The molecule has 0 aliphatic rings. The lowest BCUT2D eigenvalue weighted by Gasteiger charge is -2.04. The highest BCUT2D eigenvalue weighted by molar-refractivity contribution is 8.00. The maximum Gasteiger partial charge on any atom is 0.230 e. The van der Waals surface area contributed by atoms with Crippen LogP contribution in [-0.4, -0.2) is 38.0 Å². The SMILES string of the molecule is N#CCCNC(=O)CSc1ncnc2c1cnn2-c1ccccc1. The first kappa shape index (κ1) is 16.0. The number of benzene rings is 1. The minimum atomic E-state index is -0.127. The highest BCUT2D eigenvalue weighted by atomic mass is 32.2. The Labute approximate surface area is 142 Å². The molecular weight excluding hydrogens is 324 g/mol. The van der Waals surface area contributed by atoms with Gasteiger partial charge >= 0.3 is 0 Å². The van der Waals surface area contributed by atoms with Crippen LogP contribution < -0.4 is 5.32 Å². The van der Waals surface area contributed by atoms with Gasteiger partial charge in [-0.1, -0.05) is 30.0 Å². The summed E-state index contributed by atoms with van der Waals surface area (Å²) in [6.45, 7) is 0.362. The van der Waals surface area contributed by atoms with Crippen LogP contribution in [0.2, 0.25) is 0 Å². The standard InChI is InChI=1S/C16H14N6OS/c17-7-4-8-18-14(23)10-24-16-13-9-21-22(15(13)19-11-20-16)12-5-2-1-3-6-12/h1-3,5-6,9,11H,4,8,10H2,(H,18,23). The van der Waals surface area contributed by atoms with E-state index in [1.807, 2.05) is 36.4 Å². The number of rotatable bonds is 6. The lowest BCUT2D eigenvalue weighted by molar-refractivity contribution is -0.118. The van der Waals surface area contributed by atoms with E-state index in [0.717, 1.165) is 11.1 Å². The summed E-state index contributed by atoms with van der Waals surface area (Å²) >= 11 is 1.33. The Balaban J connectivity index is 1.77. The molecule has 0 aliphatic carbocycles. The van der Waals surface area contributed by atoms with Crippen molar-refractivity contribution in [2.45, 2.75) is 11.4 Å². The van der Waals surface area contributed by atoms with Crippen molar-refractivity contribution in [2.24, 2.45) is 0 Å². The van der Waals surface area contributed by atoms with Gasteiger partial charge in [0, 0.05) is 6.54 Å². The zero-order valence-corrected chi connectivity index (χ0v) is 13.5. The summed E-state index contributed by atoms with van der Waals surface area (Å²) in [5.41, 5.74) is 1.61. The smallest absolute Gasteiger partial charge is 0.230 e. The van der Waals surface area contributed by atoms with Crippen molar-refractivity contribution < 1.29 is 4.79 Å². The zero-order chi connectivity index (χ0) is 16.8. The molecule has 0 saturated heterocycles. The molecule has 0 radical (unpaired) electrons. The van der Waals surface area contributed by atoms with E-state index >= 15 is 0 Å². The second-order valence-corrected chi connectivity index (χ2v) is 5.82. The van der Waals surface area contributed by atoms with Gasteiger partial charge in [0.05, 0.1) is 35.5 Å². The molecule has 7 nitrogen and oxygen atoms in total. The van der Waals surface area contributed by atoms with Crippen LogP contribution in [0.25, 0.3) is 16.7 Å². The van der Waals surface area contributed by atoms with E-state index in [-0.39, 0.29) is 11.7 Å². The lowest BCUT2D eigenvalue weighted by Crippen LogP contribution is -2.25. The monoisotopic (exact) mass is 338 g/mol. The molecule has 1 amide bonds. The molecular formula is C16H14N6OS. The van der Waals surface area contributed by atoms with Crippen molar-refractivity contribution in [1.29, 1.82) is 5.26 Å². The summed E-state index contributed by atoms with van der Waals surface area (Å²) in [5.74, 6) is 0.103. The van der Waals surface area contributed by atoms with Crippen molar-refractivity contribution in [3.8, 4) is 11.8 Å². The number of nitriles is 1. The number of amides is 1. The Bertz CT molecular complexity index is 886. The van der Waals surface area contributed by atoms with E-state index in [0.29, 0.717) is 23.6 Å². The van der Waals surface area contributed by atoms with E-state index in [1.54, 1.807) is 10.9 Å². The quantitative estimate of drug-likeness (QED) is 0.419. The Morgan fingerprint density at radius 2 is 2.12 bits per heavy atom. The average molecular weight is 338 g/mol. The number of hydrogen-bond donors (Lipinski definition) is 1. The number of carbonyl (C=O) groups excluding carboxylic acids is 1. The van der Waals surface area contributed by atoms with Gasteiger partial charge in [-0.25, -0.2) is 14.6 Å². The Kier molecular flexibility index (Phi) is 5.03. The highest BCUT2D eigenvalue weighted by Gasteiger charge is 2.12. The summed E-state index contributed by atoms with van der Waals surface area (Å²) in [5, 5.41) is 17.0. The number of nitrogens with zero attached hydrogens (tertiary/aromatic N) is 5. The fraction of sp³-hybridized carbons (Fsp3) is 0.188. The van der Waals surface area contributed by atoms with Crippen LogP contribution in [-0.2, 0) is 4.79 Å². The van der Waals surface area contributed by atoms with Crippen LogP contribution in [0.5, 0.6) is 0 Å². The molecule has 0 fully saturated rings. The van der Waals surface area contributed by atoms with E-state index in [2.05, 4.69) is 20.4 Å². The van der Waals surface area contributed by atoms with Crippen LogP contribution in [0.15, 0.2) is 47.9 Å². The Hall–Kier alpha value is -2.92. The predicted octanol–water partition coefficient (Wildman–Crippen LogP) is 1.94. The molecule has 0 aliphatic heterocycles. The molecule has 1 N–H and O–H groups in total. The molecule has 0 saturated carbocycles. The van der Waals surface area contributed by atoms with E-state index < -0.39 is 0 Å². The number of hydrogen-bond acceptors (Lipinski definition) is 6. The topological polar surface area (TPSA) is 96.5 Å². The molecule has 0 atom stereocenters. The highest BCUT2D eigenvalue weighted by Crippen LogP contribution is 2.25. The Morgan fingerprint density at radius 1 is 1.29 bits per heavy atom. The molecule has 2 aromatic heterocycles. The number of nitrogens with one attached hydrogen (secondary N) is 1. The summed E-state index contributed by atoms with van der Waals surface area (Å²) in [4.78, 5) is 20.3. The minimum Gasteiger partial charge on any atom is -0.354 e. The van der Waals surface area contributed by atoms with Crippen molar-refractivity contribution in [3.63, 3.8) is 0 Å². The normalized spacial score (nSPS) is 10.5. The third kappa shape index (κ3) is 3.52. The average Bonchev–Trinajstić information content (AvgIpc) is 3.05. The number of fused-ring (bicyclic) bond motifs is 1. The van der Waals surface area contributed by atoms with Crippen LogP contribution in [0.4, 0.5) is 0 Å². The van der Waals surface area contributed by atoms with Gasteiger partial charge in [-0.2, -0.15) is 10.4 Å². The molecule has 3 rings (SSSR count). The van der Waals surface area contributed by atoms with Gasteiger partial charge in [0.25, 0.3) is 0 Å². The second kappa shape index (κ2) is 7.57. The molecule has 1 aromatic carbocycles.